The van der Waals surface area contributed by atoms with Crippen molar-refractivity contribution in [3.05, 3.63) is 102 Å². The Bertz CT molecular complexity index is 981. The average Bonchev–Trinajstić information content (AvgIpc) is 3.25. The summed E-state index contributed by atoms with van der Waals surface area (Å²) in [5.41, 5.74) is 5.28. The van der Waals surface area contributed by atoms with Crippen molar-refractivity contribution in [1.82, 2.24) is 16.2 Å². The number of hydrogen-bond acceptors (Lipinski definition) is 4. The molecule has 0 atom stereocenters. The zero-order valence-electron chi connectivity index (χ0n) is 14.7. The van der Waals surface area contributed by atoms with Crippen LogP contribution in [0.4, 0.5) is 0 Å². The van der Waals surface area contributed by atoms with Gasteiger partial charge in [-0.05, 0) is 36.4 Å². The Labute approximate surface area is 161 Å². The lowest BCUT2D eigenvalue weighted by Gasteiger charge is -2.11. The predicted octanol–water partition coefficient (Wildman–Crippen LogP) is 2.51. The average molecular weight is 375 g/mol. The van der Waals surface area contributed by atoms with E-state index in [-0.39, 0.29) is 5.70 Å². The molecule has 0 saturated heterocycles. The monoisotopic (exact) mass is 375 g/mol. The van der Waals surface area contributed by atoms with Gasteiger partial charge >= 0.3 is 0 Å². The lowest BCUT2D eigenvalue weighted by atomic mass is 10.2. The minimum Gasteiger partial charge on any atom is -0.465 e. The van der Waals surface area contributed by atoms with Gasteiger partial charge in [0.15, 0.2) is 0 Å². The quantitative estimate of drug-likeness (QED) is 0.471. The van der Waals surface area contributed by atoms with Gasteiger partial charge in [0.05, 0.1) is 6.26 Å². The summed E-state index contributed by atoms with van der Waals surface area (Å²) in [6.45, 7) is 0. The summed E-state index contributed by atoms with van der Waals surface area (Å²) >= 11 is 0. The number of rotatable bonds is 5. The predicted molar refractivity (Wildman–Crippen MR) is 103 cm³/mol. The molecule has 0 aliphatic rings. The van der Waals surface area contributed by atoms with Gasteiger partial charge in [-0.3, -0.25) is 25.2 Å². The fourth-order valence-corrected chi connectivity index (χ4v) is 2.30. The number of hydrogen-bond donors (Lipinski definition) is 3. The molecule has 0 aliphatic carbocycles. The van der Waals surface area contributed by atoms with Crippen LogP contribution in [0.15, 0.2) is 89.2 Å². The highest BCUT2D eigenvalue weighted by molar-refractivity contribution is 6.06. The van der Waals surface area contributed by atoms with E-state index in [4.69, 9.17) is 4.42 Å². The van der Waals surface area contributed by atoms with Crippen molar-refractivity contribution < 1.29 is 18.8 Å². The summed E-state index contributed by atoms with van der Waals surface area (Å²) in [5, 5.41) is 2.53. The smallest absolute Gasteiger partial charge is 0.286 e. The molecule has 2 aromatic carbocycles. The molecule has 3 rings (SSSR count). The third-order valence-electron chi connectivity index (χ3n) is 3.68. The number of furan rings is 1. The van der Waals surface area contributed by atoms with E-state index < -0.39 is 17.7 Å². The van der Waals surface area contributed by atoms with Crippen molar-refractivity contribution >= 4 is 23.8 Å². The van der Waals surface area contributed by atoms with E-state index in [0.29, 0.717) is 16.9 Å². The molecule has 0 spiro atoms. The van der Waals surface area contributed by atoms with Crippen LogP contribution in [-0.4, -0.2) is 17.7 Å². The van der Waals surface area contributed by atoms with Crippen molar-refractivity contribution in [3.63, 3.8) is 0 Å². The lowest BCUT2D eigenvalue weighted by Crippen LogP contribution is -2.45. The van der Waals surface area contributed by atoms with Gasteiger partial charge in [0.1, 0.15) is 11.5 Å². The molecule has 1 aromatic heterocycles. The SMILES string of the molecule is O=C(NNC(=O)c1ccccc1)C(=Cc1ccco1)NC(=O)c1ccccc1. The molecule has 3 aromatic rings. The van der Waals surface area contributed by atoms with Crippen LogP contribution in [0, 0.1) is 0 Å². The van der Waals surface area contributed by atoms with Gasteiger partial charge in [-0.25, -0.2) is 0 Å². The maximum absolute atomic E-state index is 12.5. The minimum absolute atomic E-state index is 0.0860. The molecule has 0 aliphatic heterocycles. The van der Waals surface area contributed by atoms with Crippen LogP contribution in [-0.2, 0) is 4.79 Å². The molecule has 0 fully saturated rings. The van der Waals surface area contributed by atoms with E-state index in [0.717, 1.165) is 0 Å². The molecular weight excluding hydrogens is 358 g/mol. The van der Waals surface area contributed by atoms with Crippen LogP contribution < -0.4 is 16.2 Å². The highest BCUT2D eigenvalue weighted by Gasteiger charge is 2.16. The molecule has 0 saturated carbocycles. The molecule has 7 heteroatoms. The second-order valence-corrected chi connectivity index (χ2v) is 5.67. The zero-order chi connectivity index (χ0) is 19.8. The first-order valence-electron chi connectivity index (χ1n) is 8.41. The van der Waals surface area contributed by atoms with E-state index in [1.54, 1.807) is 72.8 Å². The summed E-state index contributed by atoms with van der Waals surface area (Å²) in [5.74, 6) is -1.29. The maximum Gasteiger partial charge on any atom is 0.286 e. The first kappa shape index (κ1) is 18.7. The van der Waals surface area contributed by atoms with Crippen molar-refractivity contribution in [3.8, 4) is 0 Å². The van der Waals surface area contributed by atoms with Gasteiger partial charge < -0.3 is 9.73 Å². The maximum atomic E-state index is 12.5. The molecular formula is C21H17N3O4. The fraction of sp³-hybridized carbons (Fsp3) is 0. The Kier molecular flexibility index (Phi) is 5.99. The van der Waals surface area contributed by atoms with Crippen LogP contribution >= 0.6 is 0 Å². The third kappa shape index (κ3) is 4.95. The van der Waals surface area contributed by atoms with E-state index in [9.17, 15) is 14.4 Å². The van der Waals surface area contributed by atoms with Gasteiger partial charge in [0.2, 0.25) is 0 Å². The number of carbonyl (C=O) groups excluding carboxylic acids is 3. The molecule has 0 radical (unpaired) electrons. The second-order valence-electron chi connectivity index (χ2n) is 5.67. The molecule has 7 nitrogen and oxygen atoms in total. The topological polar surface area (TPSA) is 100 Å². The van der Waals surface area contributed by atoms with Gasteiger partial charge in [-0.1, -0.05) is 36.4 Å². The molecule has 140 valence electrons. The number of hydrazine groups is 1. The standard InChI is InChI=1S/C21H17N3O4/c25-19(15-8-3-1-4-9-15)22-18(14-17-12-7-13-28-17)21(27)24-23-20(26)16-10-5-2-6-11-16/h1-14H,(H,22,25)(H,23,26)(H,24,27). The minimum atomic E-state index is -0.704. The zero-order valence-corrected chi connectivity index (χ0v) is 14.7. The number of nitrogens with one attached hydrogen (secondary N) is 3. The normalized spacial score (nSPS) is 10.8. The molecule has 3 amide bonds. The van der Waals surface area contributed by atoms with Crippen molar-refractivity contribution in [2.75, 3.05) is 0 Å². The summed E-state index contributed by atoms with van der Waals surface area (Å²) in [4.78, 5) is 37.0. The number of carbonyl (C=O) groups is 3. The first-order valence-corrected chi connectivity index (χ1v) is 8.41. The van der Waals surface area contributed by atoms with Crippen LogP contribution in [0.3, 0.4) is 0 Å². The summed E-state index contributed by atoms with van der Waals surface area (Å²) in [6.07, 6.45) is 2.81. The highest BCUT2D eigenvalue weighted by Crippen LogP contribution is 2.08. The highest BCUT2D eigenvalue weighted by atomic mass is 16.3. The van der Waals surface area contributed by atoms with E-state index in [2.05, 4.69) is 16.2 Å². The molecule has 1 heterocycles. The Morgan fingerprint density at radius 3 is 1.89 bits per heavy atom. The van der Waals surface area contributed by atoms with Crippen molar-refractivity contribution in [2.24, 2.45) is 0 Å². The van der Waals surface area contributed by atoms with Crippen molar-refractivity contribution in [1.29, 1.82) is 0 Å². The Balaban J connectivity index is 1.72. The second kappa shape index (κ2) is 9.00. The van der Waals surface area contributed by atoms with Gasteiger partial charge in [-0.2, -0.15) is 0 Å². The summed E-state index contributed by atoms with van der Waals surface area (Å²) in [6, 6.07) is 20.1. The Morgan fingerprint density at radius 2 is 1.32 bits per heavy atom. The van der Waals surface area contributed by atoms with Crippen LogP contribution in [0.5, 0.6) is 0 Å². The van der Waals surface area contributed by atoms with Crippen LogP contribution in [0.25, 0.3) is 6.08 Å². The lowest BCUT2D eigenvalue weighted by molar-refractivity contribution is -0.118. The molecule has 3 N–H and O–H groups in total. The Morgan fingerprint density at radius 1 is 0.714 bits per heavy atom. The largest absolute Gasteiger partial charge is 0.465 e. The fourth-order valence-electron chi connectivity index (χ4n) is 2.30. The van der Waals surface area contributed by atoms with Crippen LogP contribution in [0.1, 0.15) is 26.5 Å². The van der Waals surface area contributed by atoms with Gasteiger partial charge in [0, 0.05) is 17.2 Å². The van der Waals surface area contributed by atoms with Gasteiger partial charge in [-0.15, -0.1) is 0 Å². The number of benzene rings is 2. The molecule has 0 unspecified atom stereocenters. The summed E-state index contributed by atoms with van der Waals surface area (Å²) in [7, 11) is 0. The Hall–Kier alpha value is -4.13. The van der Waals surface area contributed by atoms with Crippen molar-refractivity contribution in [2.45, 2.75) is 0 Å². The van der Waals surface area contributed by atoms with E-state index >= 15 is 0 Å². The molecule has 0 bridgehead atoms. The molecule has 28 heavy (non-hydrogen) atoms. The third-order valence-corrected chi connectivity index (χ3v) is 3.68. The van der Waals surface area contributed by atoms with E-state index in [1.807, 2.05) is 0 Å². The first-order chi connectivity index (χ1) is 13.6. The number of amides is 3. The van der Waals surface area contributed by atoms with Gasteiger partial charge in [0.25, 0.3) is 17.7 Å². The summed E-state index contributed by atoms with van der Waals surface area (Å²) < 4.78 is 5.20. The van der Waals surface area contributed by atoms with Crippen LogP contribution in [0.2, 0.25) is 0 Å². The van der Waals surface area contributed by atoms with E-state index in [1.165, 1.54) is 12.3 Å².